The van der Waals surface area contributed by atoms with Crippen LogP contribution < -0.4 is 20.3 Å². The fraction of sp³-hybridized carbons (Fsp3) is 0.136. The van der Waals surface area contributed by atoms with Crippen molar-refractivity contribution in [2.24, 2.45) is 0 Å². The van der Waals surface area contributed by atoms with E-state index in [-0.39, 0.29) is 24.8 Å². The highest BCUT2D eigenvalue weighted by atomic mass is 79.9. The van der Waals surface area contributed by atoms with Crippen molar-refractivity contribution >= 4 is 33.0 Å². The molecule has 9 heteroatoms. The maximum absolute atomic E-state index is 12.9. The number of carbonyl (C=O) groups is 1. The number of aryl methyl sites for hydroxylation is 1. The van der Waals surface area contributed by atoms with Crippen LogP contribution in [0.15, 0.2) is 64.1 Å². The normalized spacial score (nSPS) is 12.3. The van der Waals surface area contributed by atoms with Gasteiger partial charge in [0.25, 0.3) is 5.56 Å². The maximum atomic E-state index is 12.9. The maximum Gasteiger partial charge on any atom is 0.277 e. The molecule has 1 N–H and O–H groups in total. The summed E-state index contributed by atoms with van der Waals surface area (Å²) in [5.74, 6) is 1.03. The summed E-state index contributed by atoms with van der Waals surface area (Å²) in [6.07, 6.45) is 3.21. The Bertz CT molecular complexity index is 1390. The van der Waals surface area contributed by atoms with Crippen LogP contribution in [-0.4, -0.2) is 26.9 Å². The van der Waals surface area contributed by atoms with Gasteiger partial charge in [-0.25, -0.2) is 4.52 Å². The lowest BCUT2D eigenvalue weighted by molar-refractivity contribution is -0.116. The van der Waals surface area contributed by atoms with Crippen LogP contribution in [0.3, 0.4) is 0 Å². The van der Waals surface area contributed by atoms with Gasteiger partial charge in [0, 0.05) is 22.4 Å². The van der Waals surface area contributed by atoms with E-state index in [2.05, 4.69) is 26.3 Å². The molecule has 2 aromatic heterocycles. The zero-order valence-electron chi connectivity index (χ0n) is 16.5. The van der Waals surface area contributed by atoms with Gasteiger partial charge in [0.2, 0.25) is 12.7 Å². The zero-order valence-corrected chi connectivity index (χ0v) is 18.0. The highest BCUT2D eigenvalue weighted by Crippen LogP contribution is 2.35. The minimum absolute atomic E-state index is 0.111. The van der Waals surface area contributed by atoms with Crippen molar-refractivity contribution in [3.63, 3.8) is 0 Å². The molecule has 8 nitrogen and oxygen atoms in total. The van der Waals surface area contributed by atoms with Gasteiger partial charge in [0.1, 0.15) is 12.1 Å². The molecular formula is C22H17BrN4O4. The predicted octanol–water partition coefficient (Wildman–Crippen LogP) is 3.60. The van der Waals surface area contributed by atoms with Crippen LogP contribution in [0.2, 0.25) is 0 Å². The molecule has 31 heavy (non-hydrogen) atoms. The third-order valence-electron chi connectivity index (χ3n) is 4.98. The molecule has 0 unspecified atom stereocenters. The molecule has 5 rings (SSSR count). The molecule has 156 valence electrons. The summed E-state index contributed by atoms with van der Waals surface area (Å²) < 4.78 is 14.4. The Morgan fingerprint density at radius 1 is 1.13 bits per heavy atom. The number of carbonyl (C=O) groups excluding carboxylic acids is 1. The first kappa shape index (κ1) is 19.4. The first-order valence-corrected chi connectivity index (χ1v) is 10.3. The third-order valence-corrected chi connectivity index (χ3v) is 5.64. The summed E-state index contributed by atoms with van der Waals surface area (Å²) in [5, 5.41) is 7.30. The molecule has 0 fully saturated rings. The summed E-state index contributed by atoms with van der Waals surface area (Å²) in [6, 6.07) is 12.8. The van der Waals surface area contributed by atoms with E-state index in [9.17, 15) is 9.59 Å². The summed E-state index contributed by atoms with van der Waals surface area (Å²) in [5.41, 5.74) is 3.23. The van der Waals surface area contributed by atoms with E-state index in [0.717, 1.165) is 15.6 Å². The van der Waals surface area contributed by atoms with Crippen LogP contribution in [0.4, 0.5) is 5.69 Å². The average molecular weight is 481 g/mol. The molecule has 1 aliphatic rings. The first-order chi connectivity index (χ1) is 15.0. The Labute approximate surface area is 185 Å². The van der Waals surface area contributed by atoms with Gasteiger partial charge >= 0.3 is 0 Å². The Morgan fingerprint density at radius 2 is 1.97 bits per heavy atom. The Balaban J connectivity index is 1.41. The average Bonchev–Trinajstić information content (AvgIpc) is 3.39. The van der Waals surface area contributed by atoms with E-state index >= 15 is 0 Å². The van der Waals surface area contributed by atoms with Crippen LogP contribution >= 0.6 is 15.9 Å². The van der Waals surface area contributed by atoms with Gasteiger partial charge in [-0.3, -0.25) is 9.59 Å². The van der Waals surface area contributed by atoms with Gasteiger partial charge in [0.15, 0.2) is 11.5 Å². The van der Waals surface area contributed by atoms with Gasteiger partial charge in [0.05, 0.1) is 11.4 Å². The Hall–Kier alpha value is -3.59. The minimum Gasteiger partial charge on any atom is -0.454 e. The number of halogens is 1. The highest BCUT2D eigenvalue weighted by molar-refractivity contribution is 9.10. The van der Waals surface area contributed by atoms with E-state index in [1.165, 1.54) is 9.08 Å². The van der Waals surface area contributed by atoms with E-state index in [0.29, 0.717) is 28.4 Å². The van der Waals surface area contributed by atoms with Crippen LogP contribution in [-0.2, 0) is 11.3 Å². The van der Waals surface area contributed by atoms with Gasteiger partial charge < -0.3 is 19.4 Å². The molecule has 0 atom stereocenters. The largest absolute Gasteiger partial charge is 0.454 e. The van der Waals surface area contributed by atoms with Crippen LogP contribution in [0.1, 0.15) is 5.56 Å². The van der Waals surface area contributed by atoms with Gasteiger partial charge in [-0.2, -0.15) is 5.10 Å². The third kappa shape index (κ3) is 3.68. The lowest BCUT2D eigenvalue weighted by Crippen LogP contribution is -2.28. The quantitative estimate of drug-likeness (QED) is 0.482. The number of nitrogens with one attached hydrogen (secondary N) is 1. The zero-order chi connectivity index (χ0) is 21.5. The summed E-state index contributed by atoms with van der Waals surface area (Å²) >= 11 is 3.44. The standard InChI is InChI=1S/C22H17BrN4O4/c1-13-2-4-16(15(23)8-13)24-21(28)11-26-6-7-27-18(22(26)29)10-17(25-27)14-3-5-19-20(9-14)31-12-30-19/h2-10H,11-12H2,1H3,(H,24,28). The number of amides is 1. The minimum atomic E-state index is -0.305. The highest BCUT2D eigenvalue weighted by Gasteiger charge is 2.16. The van der Waals surface area contributed by atoms with E-state index in [4.69, 9.17) is 9.47 Å². The SMILES string of the molecule is Cc1ccc(NC(=O)Cn2ccn3nc(-c4ccc5c(c4)OCO5)cc3c2=O)c(Br)c1. The monoisotopic (exact) mass is 480 g/mol. The van der Waals surface area contributed by atoms with E-state index in [1.54, 1.807) is 18.5 Å². The molecule has 3 heterocycles. The number of aromatic nitrogens is 3. The van der Waals surface area contributed by atoms with Crippen molar-refractivity contribution in [1.82, 2.24) is 14.2 Å². The number of benzene rings is 2. The van der Waals surface area contributed by atoms with Crippen LogP contribution in [0.25, 0.3) is 16.8 Å². The van der Waals surface area contributed by atoms with Crippen LogP contribution in [0.5, 0.6) is 11.5 Å². The molecule has 0 spiro atoms. The molecule has 1 aliphatic heterocycles. The van der Waals surface area contributed by atoms with Crippen molar-refractivity contribution in [2.45, 2.75) is 13.5 Å². The number of fused-ring (bicyclic) bond motifs is 2. The second-order valence-corrected chi connectivity index (χ2v) is 8.04. The van der Waals surface area contributed by atoms with Crippen molar-refractivity contribution in [2.75, 3.05) is 12.1 Å². The second kappa shape index (κ2) is 7.59. The lowest BCUT2D eigenvalue weighted by atomic mass is 10.1. The molecule has 2 aromatic carbocycles. The summed E-state index contributed by atoms with van der Waals surface area (Å²) in [6.45, 7) is 2.05. The Kier molecular flexibility index (Phi) is 4.74. The molecule has 0 saturated heterocycles. The van der Waals surface area contributed by atoms with E-state index < -0.39 is 0 Å². The van der Waals surface area contributed by atoms with Crippen LogP contribution in [0, 0.1) is 6.92 Å². The van der Waals surface area contributed by atoms with Crippen molar-refractivity contribution < 1.29 is 14.3 Å². The smallest absolute Gasteiger partial charge is 0.277 e. The number of rotatable bonds is 4. The number of hydrogen-bond donors (Lipinski definition) is 1. The van der Waals surface area contributed by atoms with Crippen molar-refractivity contribution in [3.05, 3.63) is 75.2 Å². The van der Waals surface area contributed by atoms with Crippen molar-refractivity contribution in [1.29, 1.82) is 0 Å². The second-order valence-electron chi connectivity index (χ2n) is 7.19. The van der Waals surface area contributed by atoms with E-state index in [1.807, 2.05) is 43.3 Å². The summed E-state index contributed by atoms with van der Waals surface area (Å²) in [7, 11) is 0. The molecular weight excluding hydrogens is 464 g/mol. The van der Waals surface area contributed by atoms with Crippen molar-refractivity contribution in [3.8, 4) is 22.8 Å². The van der Waals surface area contributed by atoms with Gasteiger partial charge in [-0.15, -0.1) is 0 Å². The number of hydrogen-bond acceptors (Lipinski definition) is 5. The fourth-order valence-corrected chi connectivity index (χ4v) is 4.01. The topological polar surface area (TPSA) is 86.9 Å². The van der Waals surface area contributed by atoms with Gasteiger partial charge in [-0.1, -0.05) is 6.07 Å². The Morgan fingerprint density at radius 3 is 2.81 bits per heavy atom. The summed E-state index contributed by atoms with van der Waals surface area (Å²) in [4.78, 5) is 25.4. The molecule has 0 aliphatic carbocycles. The van der Waals surface area contributed by atoms with Gasteiger partial charge in [-0.05, 0) is 64.8 Å². The predicted molar refractivity (Wildman–Crippen MR) is 119 cm³/mol. The first-order valence-electron chi connectivity index (χ1n) is 9.53. The molecule has 1 amide bonds. The molecule has 0 radical (unpaired) electrons. The fourth-order valence-electron chi connectivity index (χ4n) is 3.41. The molecule has 0 bridgehead atoms. The molecule has 4 aromatic rings. The lowest BCUT2D eigenvalue weighted by Gasteiger charge is -2.09. The number of nitrogens with zero attached hydrogens (tertiary/aromatic N) is 3. The number of anilines is 1. The number of ether oxygens (including phenoxy) is 2. The molecule has 0 saturated carbocycles.